The molecule has 0 spiro atoms. The van der Waals surface area contributed by atoms with Crippen molar-refractivity contribution in [1.82, 2.24) is 4.90 Å². The minimum absolute atomic E-state index is 0.0937. The third-order valence-corrected chi connectivity index (χ3v) is 4.26. The molecule has 1 heterocycles. The average Bonchev–Trinajstić information content (AvgIpc) is 2.33. The Hall–Kier alpha value is -1.35. The first kappa shape index (κ1) is 15.0. The van der Waals surface area contributed by atoms with Gasteiger partial charge in [0.25, 0.3) is 0 Å². The maximum Gasteiger partial charge on any atom is 0.225 e. The van der Waals surface area contributed by atoms with Crippen molar-refractivity contribution in [2.24, 2.45) is 5.92 Å². The lowest BCUT2D eigenvalue weighted by atomic mass is 9.94. The van der Waals surface area contributed by atoms with Gasteiger partial charge in [-0.25, -0.2) is 0 Å². The lowest BCUT2D eigenvalue weighted by Crippen LogP contribution is -2.42. The summed E-state index contributed by atoms with van der Waals surface area (Å²) in [4.78, 5) is 13.9. The van der Waals surface area contributed by atoms with Crippen molar-refractivity contribution in [3.8, 4) is 0 Å². The zero-order valence-electron chi connectivity index (χ0n) is 12.9. The molecule has 1 saturated heterocycles. The number of carbonyl (C=O) groups is 1. The van der Waals surface area contributed by atoms with Gasteiger partial charge in [0, 0.05) is 12.5 Å². The molecule has 1 aliphatic rings. The van der Waals surface area contributed by atoms with E-state index in [1.807, 2.05) is 25.7 Å². The van der Waals surface area contributed by atoms with E-state index < -0.39 is 6.10 Å². The molecule has 1 amide bonds. The van der Waals surface area contributed by atoms with Gasteiger partial charge in [-0.3, -0.25) is 4.79 Å². The van der Waals surface area contributed by atoms with Crippen LogP contribution in [0.5, 0.6) is 0 Å². The van der Waals surface area contributed by atoms with E-state index in [2.05, 4.69) is 19.1 Å². The Morgan fingerprint density at radius 1 is 1.30 bits per heavy atom. The Kier molecular flexibility index (Phi) is 4.48. The first-order valence-corrected chi connectivity index (χ1v) is 7.44. The topological polar surface area (TPSA) is 40.5 Å². The second-order valence-corrected chi connectivity index (χ2v) is 6.16. The minimum atomic E-state index is -0.593. The van der Waals surface area contributed by atoms with Crippen molar-refractivity contribution < 1.29 is 9.90 Å². The van der Waals surface area contributed by atoms with E-state index in [4.69, 9.17) is 0 Å². The summed E-state index contributed by atoms with van der Waals surface area (Å²) in [5.74, 6) is 0.272. The van der Waals surface area contributed by atoms with E-state index in [9.17, 15) is 9.90 Å². The van der Waals surface area contributed by atoms with Crippen LogP contribution < -0.4 is 0 Å². The van der Waals surface area contributed by atoms with Crippen LogP contribution in [0.4, 0.5) is 0 Å². The van der Waals surface area contributed by atoms with Crippen LogP contribution in [-0.2, 0) is 4.79 Å². The van der Waals surface area contributed by atoms with Gasteiger partial charge in [0.2, 0.25) is 5.91 Å². The zero-order chi connectivity index (χ0) is 14.9. The summed E-state index contributed by atoms with van der Waals surface area (Å²) in [7, 11) is 0. The molecule has 1 fully saturated rings. The number of hydrogen-bond donors (Lipinski definition) is 1. The van der Waals surface area contributed by atoms with Gasteiger partial charge < -0.3 is 10.0 Å². The van der Waals surface area contributed by atoms with E-state index in [1.165, 1.54) is 5.56 Å². The smallest absolute Gasteiger partial charge is 0.225 e. The minimum Gasteiger partial charge on any atom is -0.387 e. The molecule has 3 heteroatoms. The lowest BCUT2D eigenvalue weighted by Gasteiger charge is -2.33. The summed E-state index contributed by atoms with van der Waals surface area (Å²) in [6.07, 6.45) is 1.41. The number of rotatable bonds is 3. The van der Waals surface area contributed by atoms with Crippen molar-refractivity contribution >= 4 is 5.91 Å². The molecular weight excluding hydrogens is 250 g/mol. The van der Waals surface area contributed by atoms with Gasteiger partial charge in [-0.15, -0.1) is 0 Å². The zero-order valence-corrected chi connectivity index (χ0v) is 12.9. The van der Waals surface area contributed by atoms with Crippen LogP contribution in [0.3, 0.4) is 0 Å². The summed E-state index contributed by atoms with van der Waals surface area (Å²) < 4.78 is 0. The number of carbonyl (C=O) groups excluding carboxylic acids is 1. The first-order chi connectivity index (χ1) is 9.40. The summed E-state index contributed by atoms with van der Waals surface area (Å²) in [5.41, 5.74) is 4.39. The van der Waals surface area contributed by atoms with Crippen LogP contribution in [-0.4, -0.2) is 29.0 Å². The van der Waals surface area contributed by atoms with E-state index in [-0.39, 0.29) is 11.8 Å². The van der Waals surface area contributed by atoms with E-state index in [0.29, 0.717) is 6.54 Å². The molecule has 0 bridgehead atoms. The van der Waals surface area contributed by atoms with E-state index in [1.54, 1.807) is 0 Å². The molecule has 2 atom stereocenters. The molecule has 0 radical (unpaired) electrons. The molecule has 20 heavy (non-hydrogen) atoms. The van der Waals surface area contributed by atoms with Crippen LogP contribution in [0.25, 0.3) is 0 Å². The molecule has 2 rings (SSSR count). The van der Waals surface area contributed by atoms with Crippen molar-refractivity contribution in [2.45, 2.75) is 46.6 Å². The molecule has 0 aliphatic carbocycles. The van der Waals surface area contributed by atoms with Gasteiger partial charge >= 0.3 is 0 Å². The third kappa shape index (κ3) is 3.04. The Labute approximate surface area is 121 Å². The van der Waals surface area contributed by atoms with E-state index in [0.717, 1.165) is 36.1 Å². The molecule has 1 aromatic carbocycles. The highest BCUT2D eigenvalue weighted by Crippen LogP contribution is 2.26. The number of aryl methyl sites for hydroxylation is 3. The number of likely N-dealkylation sites (tertiary alicyclic amines) is 1. The second-order valence-electron chi connectivity index (χ2n) is 6.16. The van der Waals surface area contributed by atoms with Gasteiger partial charge in [-0.2, -0.15) is 0 Å². The Bertz CT molecular complexity index is 487. The number of aliphatic hydroxyl groups is 1. The van der Waals surface area contributed by atoms with Crippen molar-refractivity contribution in [2.75, 3.05) is 13.1 Å². The highest BCUT2D eigenvalue weighted by atomic mass is 16.3. The number of β-amino-alcohol motifs (C(OH)–C–C–N with tert-alkyl or cyclic N) is 1. The normalized spacial score (nSPS) is 21.1. The molecule has 1 N–H and O–H groups in total. The maximum atomic E-state index is 12.1. The van der Waals surface area contributed by atoms with Crippen molar-refractivity contribution in [3.63, 3.8) is 0 Å². The van der Waals surface area contributed by atoms with Crippen LogP contribution in [0, 0.1) is 26.7 Å². The number of benzene rings is 1. The van der Waals surface area contributed by atoms with Crippen molar-refractivity contribution in [1.29, 1.82) is 0 Å². The predicted octanol–water partition coefficient (Wildman–Crippen LogP) is 2.90. The standard InChI is InChI=1S/C17H25NO2/c1-11-8-13(3)16(14(4)9-11)15(19)10-18-7-5-6-12(2)17(18)20/h8-9,12,15,19H,5-7,10H2,1-4H3. The highest BCUT2D eigenvalue weighted by molar-refractivity contribution is 5.79. The Balaban J connectivity index is 2.16. The van der Waals surface area contributed by atoms with Crippen LogP contribution >= 0.6 is 0 Å². The fraction of sp³-hybridized carbons (Fsp3) is 0.588. The second kappa shape index (κ2) is 5.96. The first-order valence-electron chi connectivity index (χ1n) is 7.44. The Morgan fingerprint density at radius 2 is 1.90 bits per heavy atom. The number of amides is 1. The van der Waals surface area contributed by atoms with E-state index >= 15 is 0 Å². The fourth-order valence-corrected chi connectivity index (χ4v) is 3.33. The molecule has 3 nitrogen and oxygen atoms in total. The summed E-state index contributed by atoms with van der Waals surface area (Å²) in [5, 5.41) is 10.5. The molecule has 0 aromatic heterocycles. The lowest BCUT2D eigenvalue weighted by molar-refractivity contribution is -0.139. The Morgan fingerprint density at radius 3 is 2.50 bits per heavy atom. The largest absolute Gasteiger partial charge is 0.387 e. The summed E-state index contributed by atoms with van der Waals surface area (Å²) in [6.45, 7) is 9.27. The van der Waals surface area contributed by atoms with Gasteiger partial charge in [0.15, 0.2) is 0 Å². The predicted molar refractivity (Wildman–Crippen MR) is 80.6 cm³/mol. The highest BCUT2D eigenvalue weighted by Gasteiger charge is 2.27. The number of piperidine rings is 1. The van der Waals surface area contributed by atoms with Crippen LogP contribution in [0.1, 0.15) is 48.1 Å². The quantitative estimate of drug-likeness (QED) is 0.921. The monoisotopic (exact) mass is 275 g/mol. The third-order valence-electron chi connectivity index (χ3n) is 4.26. The summed E-state index contributed by atoms with van der Waals surface area (Å²) in [6, 6.07) is 4.18. The average molecular weight is 275 g/mol. The van der Waals surface area contributed by atoms with Crippen LogP contribution in [0.15, 0.2) is 12.1 Å². The number of hydrogen-bond acceptors (Lipinski definition) is 2. The summed E-state index contributed by atoms with van der Waals surface area (Å²) >= 11 is 0. The van der Waals surface area contributed by atoms with Crippen LogP contribution in [0.2, 0.25) is 0 Å². The fourth-order valence-electron chi connectivity index (χ4n) is 3.33. The molecular formula is C17H25NO2. The molecule has 2 unspecified atom stereocenters. The maximum absolute atomic E-state index is 12.1. The van der Waals surface area contributed by atoms with Gasteiger partial charge in [-0.05, 0) is 50.3 Å². The molecule has 0 saturated carbocycles. The number of nitrogens with zero attached hydrogens (tertiary/aromatic N) is 1. The van der Waals surface area contributed by atoms with Gasteiger partial charge in [0.05, 0.1) is 12.6 Å². The van der Waals surface area contributed by atoms with Gasteiger partial charge in [-0.1, -0.05) is 24.6 Å². The van der Waals surface area contributed by atoms with Crippen molar-refractivity contribution in [3.05, 3.63) is 34.4 Å². The molecule has 110 valence electrons. The van der Waals surface area contributed by atoms with Gasteiger partial charge in [0.1, 0.15) is 0 Å². The SMILES string of the molecule is Cc1cc(C)c(C(O)CN2CCCC(C)C2=O)c(C)c1. The molecule has 1 aliphatic heterocycles. The number of aliphatic hydroxyl groups excluding tert-OH is 1. The molecule has 1 aromatic rings.